The Bertz CT molecular complexity index is 849. The first kappa shape index (κ1) is 11.9. The van der Waals surface area contributed by atoms with Crippen LogP contribution in [-0.4, -0.2) is 11.1 Å². The van der Waals surface area contributed by atoms with Gasteiger partial charge in [-0.05, 0) is 23.8 Å². The molecular weight excluding hydrogens is 260 g/mol. The fourth-order valence-corrected chi connectivity index (χ4v) is 3.36. The molecule has 0 aliphatic heterocycles. The summed E-state index contributed by atoms with van der Waals surface area (Å²) in [5.41, 5.74) is 0.662. The lowest BCUT2D eigenvalue weighted by atomic mass is 10.1. The molecule has 94 valence electrons. The van der Waals surface area contributed by atoms with Gasteiger partial charge in [0.2, 0.25) is 0 Å². The van der Waals surface area contributed by atoms with Crippen LogP contribution >= 0.6 is 11.3 Å². The summed E-state index contributed by atoms with van der Waals surface area (Å²) in [5.74, 6) is -0.889. The zero-order valence-electron chi connectivity index (χ0n) is 9.92. The van der Waals surface area contributed by atoms with Gasteiger partial charge in [-0.3, -0.25) is 9.59 Å². The standard InChI is InChI=1S/C15H10O3S/c16-13(17)8-9-4-3-6-11-14(18)10-5-1-2-7-12(10)19-15(9)11/h1-7H,8H2,(H,16,17). The van der Waals surface area contributed by atoms with Crippen LogP contribution in [0, 0.1) is 0 Å². The van der Waals surface area contributed by atoms with Gasteiger partial charge in [-0.2, -0.15) is 0 Å². The van der Waals surface area contributed by atoms with Gasteiger partial charge in [-0.1, -0.05) is 24.3 Å². The molecule has 0 aliphatic rings. The van der Waals surface area contributed by atoms with E-state index in [2.05, 4.69) is 0 Å². The Morgan fingerprint density at radius 1 is 1.05 bits per heavy atom. The molecule has 0 fully saturated rings. The maximum absolute atomic E-state index is 12.4. The van der Waals surface area contributed by atoms with E-state index in [1.54, 1.807) is 24.3 Å². The number of carboxylic acid groups (broad SMARTS) is 1. The molecule has 0 saturated carbocycles. The number of hydrogen-bond donors (Lipinski definition) is 1. The van der Waals surface area contributed by atoms with Gasteiger partial charge in [0, 0.05) is 20.2 Å². The number of rotatable bonds is 2. The Morgan fingerprint density at radius 2 is 1.79 bits per heavy atom. The molecular formula is C15H10O3S. The highest BCUT2D eigenvalue weighted by molar-refractivity contribution is 7.24. The van der Waals surface area contributed by atoms with Gasteiger partial charge < -0.3 is 5.11 Å². The van der Waals surface area contributed by atoms with E-state index < -0.39 is 5.97 Å². The van der Waals surface area contributed by atoms with Gasteiger partial charge in [0.15, 0.2) is 5.43 Å². The molecule has 0 spiro atoms. The molecule has 1 heterocycles. The summed E-state index contributed by atoms with van der Waals surface area (Å²) in [7, 11) is 0. The largest absolute Gasteiger partial charge is 0.481 e. The maximum atomic E-state index is 12.4. The SMILES string of the molecule is O=C(O)Cc1cccc2c(=O)c3ccccc3sc12. The van der Waals surface area contributed by atoms with Crippen LogP contribution in [0.3, 0.4) is 0 Å². The molecule has 0 bridgehead atoms. The Balaban J connectivity index is 2.44. The molecule has 1 aromatic heterocycles. The van der Waals surface area contributed by atoms with Crippen LogP contribution < -0.4 is 5.43 Å². The van der Waals surface area contributed by atoms with Gasteiger partial charge in [-0.25, -0.2) is 0 Å². The van der Waals surface area contributed by atoms with Gasteiger partial charge in [0.1, 0.15) is 0 Å². The highest BCUT2D eigenvalue weighted by atomic mass is 32.1. The number of aliphatic carboxylic acids is 1. The molecule has 4 heteroatoms. The molecule has 0 amide bonds. The molecule has 0 atom stereocenters. The summed E-state index contributed by atoms with van der Waals surface area (Å²) in [4.78, 5) is 23.3. The van der Waals surface area contributed by atoms with Gasteiger partial charge in [0.25, 0.3) is 0 Å². The second-order valence-corrected chi connectivity index (χ2v) is 5.34. The van der Waals surface area contributed by atoms with E-state index in [1.807, 2.05) is 18.2 Å². The molecule has 3 aromatic rings. The predicted octanol–water partition coefficient (Wildman–Crippen LogP) is 3.04. The first-order valence-corrected chi connectivity index (χ1v) is 6.64. The van der Waals surface area contributed by atoms with E-state index in [1.165, 1.54) is 11.3 Å². The van der Waals surface area contributed by atoms with Crippen molar-refractivity contribution in [3.8, 4) is 0 Å². The summed E-state index contributed by atoms with van der Waals surface area (Å²) in [5, 5.41) is 10.2. The van der Waals surface area contributed by atoms with Crippen molar-refractivity contribution in [3.05, 3.63) is 58.3 Å². The Morgan fingerprint density at radius 3 is 2.58 bits per heavy atom. The molecule has 0 aliphatic carbocycles. The van der Waals surface area contributed by atoms with Crippen LogP contribution in [-0.2, 0) is 11.2 Å². The second-order valence-electron chi connectivity index (χ2n) is 4.29. The first-order valence-electron chi connectivity index (χ1n) is 5.82. The Labute approximate surface area is 112 Å². The highest BCUT2D eigenvalue weighted by Gasteiger charge is 2.10. The van der Waals surface area contributed by atoms with Crippen molar-refractivity contribution < 1.29 is 9.90 Å². The van der Waals surface area contributed by atoms with Crippen LogP contribution in [0.2, 0.25) is 0 Å². The maximum Gasteiger partial charge on any atom is 0.307 e. The lowest BCUT2D eigenvalue weighted by molar-refractivity contribution is -0.136. The quantitative estimate of drug-likeness (QED) is 0.728. The molecule has 1 N–H and O–H groups in total. The minimum absolute atomic E-state index is 0.0309. The van der Waals surface area contributed by atoms with Crippen LogP contribution in [0.25, 0.3) is 20.2 Å². The number of hydrogen-bond acceptors (Lipinski definition) is 3. The van der Waals surface area contributed by atoms with Crippen molar-refractivity contribution >= 4 is 37.5 Å². The zero-order valence-corrected chi connectivity index (χ0v) is 10.7. The van der Waals surface area contributed by atoms with Gasteiger partial charge in [-0.15, -0.1) is 11.3 Å². The minimum atomic E-state index is -0.889. The number of carbonyl (C=O) groups is 1. The fourth-order valence-electron chi connectivity index (χ4n) is 2.18. The summed E-state index contributed by atoms with van der Waals surface area (Å²) in [6.45, 7) is 0. The lowest BCUT2D eigenvalue weighted by Gasteiger charge is -2.05. The zero-order chi connectivity index (χ0) is 13.4. The Hall–Kier alpha value is -2.20. The van der Waals surface area contributed by atoms with Gasteiger partial charge in [0.05, 0.1) is 6.42 Å². The van der Waals surface area contributed by atoms with Crippen LogP contribution in [0.4, 0.5) is 0 Å². The van der Waals surface area contributed by atoms with E-state index in [9.17, 15) is 9.59 Å². The average molecular weight is 270 g/mol. The van der Waals surface area contributed by atoms with Crippen LogP contribution in [0.5, 0.6) is 0 Å². The summed E-state index contributed by atoms with van der Waals surface area (Å²) in [6, 6.07) is 12.7. The van der Waals surface area contributed by atoms with Crippen molar-refractivity contribution in [1.29, 1.82) is 0 Å². The number of fused-ring (bicyclic) bond motifs is 2. The number of benzene rings is 2. The molecule has 0 unspecified atom stereocenters. The molecule has 19 heavy (non-hydrogen) atoms. The predicted molar refractivity (Wildman–Crippen MR) is 76.9 cm³/mol. The summed E-state index contributed by atoms with van der Waals surface area (Å²) < 4.78 is 1.66. The third-order valence-corrected chi connectivity index (χ3v) is 4.29. The van der Waals surface area contributed by atoms with E-state index in [0.29, 0.717) is 16.3 Å². The first-order chi connectivity index (χ1) is 9.16. The van der Waals surface area contributed by atoms with Crippen molar-refractivity contribution in [1.82, 2.24) is 0 Å². The van der Waals surface area contributed by atoms with Crippen molar-refractivity contribution in [3.63, 3.8) is 0 Å². The van der Waals surface area contributed by atoms with Crippen molar-refractivity contribution in [2.75, 3.05) is 0 Å². The minimum Gasteiger partial charge on any atom is -0.481 e. The highest BCUT2D eigenvalue weighted by Crippen LogP contribution is 2.27. The smallest absolute Gasteiger partial charge is 0.307 e. The average Bonchev–Trinajstić information content (AvgIpc) is 2.40. The van der Waals surface area contributed by atoms with E-state index in [4.69, 9.17) is 5.11 Å². The molecule has 0 saturated heterocycles. The third kappa shape index (κ3) is 2.00. The molecule has 0 radical (unpaired) electrons. The molecule has 3 nitrogen and oxygen atoms in total. The molecule has 2 aromatic carbocycles. The molecule has 3 rings (SSSR count). The van der Waals surface area contributed by atoms with Crippen LogP contribution in [0.1, 0.15) is 5.56 Å². The monoisotopic (exact) mass is 270 g/mol. The third-order valence-electron chi connectivity index (χ3n) is 3.03. The second kappa shape index (κ2) is 4.48. The fraction of sp³-hybridized carbons (Fsp3) is 0.0667. The topological polar surface area (TPSA) is 54.4 Å². The van der Waals surface area contributed by atoms with E-state index >= 15 is 0 Å². The van der Waals surface area contributed by atoms with Crippen molar-refractivity contribution in [2.24, 2.45) is 0 Å². The summed E-state index contributed by atoms with van der Waals surface area (Å²) >= 11 is 1.47. The Kier molecular flexibility index (Phi) is 2.80. The lowest BCUT2D eigenvalue weighted by Crippen LogP contribution is -2.04. The van der Waals surface area contributed by atoms with Crippen molar-refractivity contribution in [2.45, 2.75) is 6.42 Å². The summed E-state index contributed by atoms with van der Waals surface area (Å²) in [6.07, 6.45) is -0.0639. The van der Waals surface area contributed by atoms with E-state index in [0.717, 1.165) is 9.40 Å². The van der Waals surface area contributed by atoms with Gasteiger partial charge >= 0.3 is 5.97 Å². The van der Waals surface area contributed by atoms with E-state index in [-0.39, 0.29) is 11.8 Å². The number of carboxylic acids is 1. The normalized spacial score (nSPS) is 10.9. The van der Waals surface area contributed by atoms with Crippen LogP contribution in [0.15, 0.2) is 47.3 Å².